The van der Waals surface area contributed by atoms with Gasteiger partial charge in [-0.05, 0) is 31.0 Å². The summed E-state index contributed by atoms with van der Waals surface area (Å²) in [7, 11) is 0. The lowest BCUT2D eigenvalue weighted by atomic mass is 10.2. The Hall–Kier alpha value is -1.79. The molecule has 0 radical (unpaired) electrons. The summed E-state index contributed by atoms with van der Waals surface area (Å²) in [5.41, 5.74) is 0.739. The summed E-state index contributed by atoms with van der Waals surface area (Å²) in [6, 6.07) is 5.32. The lowest BCUT2D eigenvalue weighted by molar-refractivity contribution is -0.0241. The summed E-state index contributed by atoms with van der Waals surface area (Å²) in [5, 5.41) is 4.00. The third-order valence-electron chi connectivity index (χ3n) is 4.33. The molecule has 6 heteroatoms. The zero-order valence-electron chi connectivity index (χ0n) is 12.3. The average Bonchev–Trinajstić information content (AvgIpc) is 3.38. The second kappa shape index (κ2) is 5.78. The van der Waals surface area contributed by atoms with E-state index in [0.717, 1.165) is 31.3 Å². The number of fused-ring (bicyclic) bond motifs is 1. The molecule has 116 valence electrons. The molecule has 1 saturated carbocycles. The highest BCUT2D eigenvalue weighted by Crippen LogP contribution is 2.28. The average molecular weight is 302 g/mol. The van der Waals surface area contributed by atoms with E-state index in [-0.39, 0.29) is 11.9 Å². The van der Waals surface area contributed by atoms with Crippen LogP contribution in [-0.2, 0) is 4.74 Å². The van der Waals surface area contributed by atoms with E-state index in [2.05, 4.69) is 20.2 Å². The monoisotopic (exact) mass is 302 g/mol. The molecule has 1 saturated heterocycles. The van der Waals surface area contributed by atoms with Crippen LogP contribution < -0.4 is 5.32 Å². The molecule has 2 aromatic rings. The van der Waals surface area contributed by atoms with Crippen molar-refractivity contribution in [3.05, 3.63) is 30.3 Å². The van der Waals surface area contributed by atoms with E-state index in [1.807, 2.05) is 0 Å². The van der Waals surface area contributed by atoms with Gasteiger partial charge in [-0.25, -0.2) is 14.4 Å². The molecule has 2 aliphatic rings. The van der Waals surface area contributed by atoms with Crippen LogP contribution in [0.4, 0.5) is 10.2 Å². The molecule has 4 rings (SSSR count). The number of ether oxygens (including phenoxy) is 1. The summed E-state index contributed by atoms with van der Waals surface area (Å²) in [6.45, 7) is 3.44. The van der Waals surface area contributed by atoms with Crippen molar-refractivity contribution >= 4 is 16.7 Å². The van der Waals surface area contributed by atoms with Crippen LogP contribution in [0, 0.1) is 5.82 Å². The zero-order chi connectivity index (χ0) is 14.9. The number of anilines is 1. The Morgan fingerprint density at radius 2 is 2.23 bits per heavy atom. The molecule has 0 amide bonds. The predicted octanol–water partition coefficient (Wildman–Crippen LogP) is 2.04. The Bertz CT molecular complexity index is 676. The maximum absolute atomic E-state index is 13.4. The number of benzene rings is 1. The molecule has 1 N–H and O–H groups in total. The number of hydrogen-bond donors (Lipinski definition) is 1. The number of aromatic nitrogens is 2. The van der Waals surface area contributed by atoms with Crippen molar-refractivity contribution in [1.82, 2.24) is 14.9 Å². The molecule has 22 heavy (non-hydrogen) atoms. The number of hydrogen-bond acceptors (Lipinski definition) is 5. The van der Waals surface area contributed by atoms with Gasteiger partial charge in [0.15, 0.2) is 0 Å². The SMILES string of the molecule is Fc1ccc2ncnc(NCC3CN(C4CC4)CCO3)c2c1. The Labute approximate surface area is 128 Å². The van der Waals surface area contributed by atoms with Crippen LogP contribution in [0.25, 0.3) is 10.9 Å². The van der Waals surface area contributed by atoms with Gasteiger partial charge < -0.3 is 10.1 Å². The largest absolute Gasteiger partial charge is 0.374 e. The van der Waals surface area contributed by atoms with E-state index in [4.69, 9.17) is 4.74 Å². The van der Waals surface area contributed by atoms with Gasteiger partial charge in [-0.15, -0.1) is 0 Å². The van der Waals surface area contributed by atoms with Crippen molar-refractivity contribution < 1.29 is 9.13 Å². The van der Waals surface area contributed by atoms with Gasteiger partial charge in [-0.1, -0.05) is 0 Å². The highest BCUT2D eigenvalue weighted by molar-refractivity contribution is 5.88. The van der Waals surface area contributed by atoms with Gasteiger partial charge in [0.05, 0.1) is 18.2 Å². The number of halogens is 1. The fourth-order valence-corrected chi connectivity index (χ4v) is 3.02. The molecule has 1 atom stereocenters. The first-order chi connectivity index (χ1) is 10.8. The van der Waals surface area contributed by atoms with E-state index in [9.17, 15) is 4.39 Å². The van der Waals surface area contributed by atoms with Crippen LogP contribution >= 0.6 is 0 Å². The molecule has 1 aromatic carbocycles. The minimum absolute atomic E-state index is 0.146. The molecule has 1 aliphatic carbocycles. The second-order valence-corrected chi connectivity index (χ2v) is 5.98. The van der Waals surface area contributed by atoms with Crippen molar-refractivity contribution in [2.24, 2.45) is 0 Å². The molecule has 0 bridgehead atoms. The minimum atomic E-state index is -0.279. The van der Waals surface area contributed by atoms with Gasteiger partial charge in [0, 0.05) is 31.1 Å². The normalized spacial score (nSPS) is 22.9. The molecule has 1 unspecified atom stereocenters. The lowest BCUT2D eigenvalue weighted by Crippen LogP contribution is -2.46. The maximum atomic E-state index is 13.4. The van der Waals surface area contributed by atoms with Crippen LogP contribution in [0.2, 0.25) is 0 Å². The first kappa shape index (κ1) is 13.8. The summed E-state index contributed by atoms with van der Waals surface area (Å²) >= 11 is 0. The third kappa shape index (κ3) is 2.89. The molecule has 1 aliphatic heterocycles. The van der Waals surface area contributed by atoms with Crippen molar-refractivity contribution in [3.8, 4) is 0 Å². The maximum Gasteiger partial charge on any atom is 0.137 e. The van der Waals surface area contributed by atoms with Crippen LogP contribution in [0.1, 0.15) is 12.8 Å². The summed E-state index contributed by atoms with van der Waals surface area (Å²) in [6.07, 6.45) is 4.28. The fraction of sp³-hybridized carbons (Fsp3) is 0.500. The first-order valence-electron chi connectivity index (χ1n) is 7.79. The van der Waals surface area contributed by atoms with E-state index < -0.39 is 0 Å². The number of nitrogens with one attached hydrogen (secondary N) is 1. The third-order valence-corrected chi connectivity index (χ3v) is 4.33. The molecular formula is C16H19FN4O. The van der Waals surface area contributed by atoms with Crippen molar-refractivity contribution in [3.63, 3.8) is 0 Å². The Morgan fingerprint density at radius 1 is 1.32 bits per heavy atom. The Kier molecular flexibility index (Phi) is 3.63. The fourth-order valence-electron chi connectivity index (χ4n) is 3.02. The molecular weight excluding hydrogens is 283 g/mol. The smallest absolute Gasteiger partial charge is 0.137 e. The summed E-state index contributed by atoms with van der Waals surface area (Å²) in [5.74, 6) is 0.385. The number of nitrogens with zero attached hydrogens (tertiary/aromatic N) is 3. The predicted molar refractivity (Wildman–Crippen MR) is 82.3 cm³/mol. The van der Waals surface area contributed by atoms with Gasteiger partial charge >= 0.3 is 0 Å². The van der Waals surface area contributed by atoms with Crippen molar-refractivity contribution in [1.29, 1.82) is 0 Å². The Morgan fingerprint density at radius 3 is 3.09 bits per heavy atom. The van der Waals surface area contributed by atoms with E-state index >= 15 is 0 Å². The first-order valence-corrected chi connectivity index (χ1v) is 7.79. The van der Waals surface area contributed by atoms with Crippen LogP contribution in [0.15, 0.2) is 24.5 Å². The van der Waals surface area contributed by atoms with Gasteiger partial charge in [0.25, 0.3) is 0 Å². The highest BCUT2D eigenvalue weighted by Gasteiger charge is 2.32. The van der Waals surface area contributed by atoms with Crippen LogP contribution in [-0.4, -0.2) is 53.3 Å². The van der Waals surface area contributed by atoms with Gasteiger partial charge in [0.1, 0.15) is 18.0 Å². The number of morpholine rings is 1. The van der Waals surface area contributed by atoms with Crippen molar-refractivity contribution in [2.45, 2.75) is 25.0 Å². The van der Waals surface area contributed by atoms with Crippen LogP contribution in [0.5, 0.6) is 0 Å². The van der Waals surface area contributed by atoms with Crippen LogP contribution in [0.3, 0.4) is 0 Å². The van der Waals surface area contributed by atoms with Gasteiger partial charge in [-0.3, -0.25) is 4.90 Å². The summed E-state index contributed by atoms with van der Waals surface area (Å²) < 4.78 is 19.3. The van der Waals surface area contributed by atoms with E-state index in [1.165, 1.54) is 31.3 Å². The lowest BCUT2D eigenvalue weighted by Gasteiger charge is -2.33. The molecule has 2 heterocycles. The molecule has 2 fully saturated rings. The zero-order valence-corrected chi connectivity index (χ0v) is 12.3. The molecule has 1 aromatic heterocycles. The number of rotatable bonds is 4. The highest BCUT2D eigenvalue weighted by atomic mass is 19.1. The molecule has 5 nitrogen and oxygen atoms in total. The second-order valence-electron chi connectivity index (χ2n) is 5.98. The topological polar surface area (TPSA) is 50.3 Å². The van der Waals surface area contributed by atoms with Gasteiger partial charge in [-0.2, -0.15) is 0 Å². The summed E-state index contributed by atoms with van der Waals surface area (Å²) in [4.78, 5) is 10.9. The van der Waals surface area contributed by atoms with E-state index in [0.29, 0.717) is 17.7 Å². The molecule has 0 spiro atoms. The Balaban J connectivity index is 1.46. The van der Waals surface area contributed by atoms with Gasteiger partial charge in [0.2, 0.25) is 0 Å². The minimum Gasteiger partial charge on any atom is -0.374 e. The van der Waals surface area contributed by atoms with E-state index in [1.54, 1.807) is 6.07 Å². The standard InChI is InChI=1S/C16H19FN4O/c17-11-1-4-15-14(7-11)16(20-10-19-15)18-8-13-9-21(5-6-22-13)12-2-3-12/h1,4,7,10,12-13H,2-3,5-6,8-9H2,(H,18,19,20). The van der Waals surface area contributed by atoms with Crippen molar-refractivity contribution in [2.75, 3.05) is 31.6 Å². The quantitative estimate of drug-likeness (QED) is 0.936.